The number of furan rings is 1. The molecule has 3 rings (SSSR count). The zero-order valence-corrected chi connectivity index (χ0v) is 13.9. The zero-order valence-electron chi connectivity index (χ0n) is 13.9. The van der Waals surface area contributed by atoms with Crippen molar-refractivity contribution in [2.75, 3.05) is 7.05 Å². The molecule has 0 aliphatic carbocycles. The number of carbonyl (C=O) groups excluding carboxylic acids is 1. The molecule has 0 bridgehead atoms. The van der Waals surface area contributed by atoms with Gasteiger partial charge in [0.2, 0.25) is 5.91 Å². The number of nitrogens with zero attached hydrogens (tertiary/aromatic N) is 3. The Hall–Kier alpha value is -2.82. The Kier molecular flexibility index (Phi) is 4.79. The summed E-state index contributed by atoms with van der Waals surface area (Å²) in [4.78, 5) is 18.7. The summed E-state index contributed by atoms with van der Waals surface area (Å²) in [6.07, 6.45) is 5.62. The van der Waals surface area contributed by atoms with Gasteiger partial charge < -0.3 is 13.9 Å². The maximum Gasteiger partial charge on any atom is 0.223 e. The second-order valence-electron chi connectivity index (χ2n) is 5.89. The third kappa shape index (κ3) is 3.56. The van der Waals surface area contributed by atoms with Crippen LogP contribution in [0.15, 0.2) is 65.5 Å². The van der Waals surface area contributed by atoms with E-state index in [0.717, 1.165) is 17.1 Å². The highest BCUT2D eigenvalue weighted by atomic mass is 16.3. The van der Waals surface area contributed by atoms with Gasteiger partial charge in [-0.3, -0.25) is 4.79 Å². The van der Waals surface area contributed by atoms with Crippen LogP contribution >= 0.6 is 0 Å². The van der Waals surface area contributed by atoms with Gasteiger partial charge in [0.05, 0.1) is 18.7 Å². The fourth-order valence-electron chi connectivity index (χ4n) is 2.74. The molecule has 1 amide bonds. The first kappa shape index (κ1) is 16.1. The topological polar surface area (TPSA) is 51.3 Å². The molecule has 0 fully saturated rings. The lowest BCUT2D eigenvalue weighted by atomic mass is 9.93. The Morgan fingerprint density at radius 3 is 2.67 bits per heavy atom. The molecule has 2 heterocycles. The summed E-state index contributed by atoms with van der Waals surface area (Å²) in [7, 11) is 3.73. The maximum absolute atomic E-state index is 12.7. The average Bonchev–Trinajstić information content (AvgIpc) is 3.26. The first-order valence-corrected chi connectivity index (χ1v) is 7.93. The molecule has 0 saturated carbocycles. The van der Waals surface area contributed by atoms with E-state index in [2.05, 4.69) is 4.98 Å². The predicted octanol–water partition coefficient (Wildman–Crippen LogP) is 3.19. The van der Waals surface area contributed by atoms with Crippen LogP contribution in [0.4, 0.5) is 0 Å². The number of hydrogen-bond acceptors (Lipinski definition) is 3. The van der Waals surface area contributed by atoms with Gasteiger partial charge in [-0.15, -0.1) is 0 Å². The summed E-state index contributed by atoms with van der Waals surface area (Å²) in [6, 6.07) is 13.8. The highest BCUT2D eigenvalue weighted by molar-refractivity contribution is 5.77. The number of carbonyl (C=O) groups is 1. The number of amides is 1. The molecular formula is C19H21N3O2. The van der Waals surface area contributed by atoms with Crippen LogP contribution in [0.2, 0.25) is 0 Å². The van der Waals surface area contributed by atoms with Crippen molar-refractivity contribution in [2.24, 2.45) is 7.05 Å². The fraction of sp³-hybridized carbons (Fsp3) is 0.263. The quantitative estimate of drug-likeness (QED) is 0.700. The van der Waals surface area contributed by atoms with Crippen LogP contribution in [-0.2, 0) is 18.4 Å². The Balaban J connectivity index is 1.75. The van der Waals surface area contributed by atoms with Gasteiger partial charge in [-0.25, -0.2) is 4.98 Å². The summed E-state index contributed by atoms with van der Waals surface area (Å²) in [5.41, 5.74) is 1.08. The van der Waals surface area contributed by atoms with E-state index >= 15 is 0 Å². The molecule has 124 valence electrons. The molecule has 24 heavy (non-hydrogen) atoms. The van der Waals surface area contributed by atoms with E-state index in [1.54, 1.807) is 24.4 Å². The highest BCUT2D eigenvalue weighted by Gasteiger charge is 2.23. The third-order valence-electron chi connectivity index (χ3n) is 4.19. The number of rotatable bonds is 6. The van der Waals surface area contributed by atoms with Crippen LogP contribution < -0.4 is 0 Å². The molecule has 0 aliphatic heterocycles. The second kappa shape index (κ2) is 7.17. The molecule has 1 aromatic carbocycles. The molecule has 0 spiro atoms. The van der Waals surface area contributed by atoms with E-state index in [4.69, 9.17) is 4.42 Å². The Morgan fingerprint density at radius 1 is 1.25 bits per heavy atom. The minimum atomic E-state index is -0.0856. The third-order valence-corrected chi connectivity index (χ3v) is 4.19. The van der Waals surface area contributed by atoms with Gasteiger partial charge in [-0.1, -0.05) is 30.3 Å². The Bertz CT molecular complexity index is 778. The Morgan fingerprint density at radius 2 is 2.04 bits per heavy atom. The largest absolute Gasteiger partial charge is 0.469 e. The standard InChI is InChI=1S/C19H21N3O2/c1-21-11-10-20-18(21)14-22(2)19(23)13-16(17-9-6-12-24-17)15-7-4-3-5-8-15/h3-12,16H,13-14H2,1-2H3/t16-/m1/s1. The van der Waals surface area contributed by atoms with Crippen LogP contribution in [0.3, 0.4) is 0 Å². The van der Waals surface area contributed by atoms with E-state index in [9.17, 15) is 4.79 Å². The van der Waals surface area contributed by atoms with Crippen LogP contribution in [0, 0.1) is 0 Å². The smallest absolute Gasteiger partial charge is 0.223 e. The number of aryl methyl sites for hydroxylation is 1. The van der Waals surface area contributed by atoms with Gasteiger partial charge in [0, 0.05) is 32.9 Å². The molecule has 0 unspecified atom stereocenters. The van der Waals surface area contributed by atoms with Crippen molar-refractivity contribution in [1.29, 1.82) is 0 Å². The van der Waals surface area contributed by atoms with Crippen molar-refractivity contribution < 1.29 is 9.21 Å². The van der Waals surface area contributed by atoms with Crippen molar-refractivity contribution >= 4 is 5.91 Å². The first-order valence-electron chi connectivity index (χ1n) is 7.93. The second-order valence-corrected chi connectivity index (χ2v) is 5.89. The van der Waals surface area contributed by atoms with Crippen molar-refractivity contribution in [3.8, 4) is 0 Å². The van der Waals surface area contributed by atoms with Crippen molar-refractivity contribution in [3.63, 3.8) is 0 Å². The SMILES string of the molecule is CN(Cc1nccn1C)C(=O)C[C@H](c1ccccc1)c1ccco1. The lowest BCUT2D eigenvalue weighted by Crippen LogP contribution is -2.29. The van der Waals surface area contributed by atoms with E-state index in [-0.39, 0.29) is 11.8 Å². The number of aromatic nitrogens is 2. The molecule has 1 atom stereocenters. The lowest BCUT2D eigenvalue weighted by Gasteiger charge is -2.21. The van der Waals surface area contributed by atoms with Crippen molar-refractivity contribution in [1.82, 2.24) is 14.5 Å². The van der Waals surface area contributed by atoms with Crippen LogP contribution in [0.1, 0.15) is 29.5 Å². The summed E-state index contributed by atoms with van der Waals surface area (Å²) in [5, 5.41) is 0. The van der Waals surface area contributed by atoms with Gasteiger partial charge in [-0.05, 0) is 17.7 Å². The first-order chi connectivity index (χ1) is 11.6. The fourth-order valence-corrected chi connectivity index (χ4v) is 2.74. The molecule has 0 saturated heterocycles. The monoisotopic (exact) mass is 323 g/mol. The van der Waals surface area contributed by atoms with E-state index in [1.807, 2.05) is 60.3 Å². The normalized spacial score (nSPS) is 12.1. The molecule has 5 heteroatoms. The number of hydrogen-bond donors (Lipinski definition) is 0. The Labute approximate surface area is 141 Å². The highest BCUT2D eigenvalue weighted by Crippen LogP contribution is 2.29. The minimum Gasteiger partial charge on any atom is -0.469 e. The molecule has 0 aliphatic rings. The summed E-state index contributed by atoms with van der Waals surface area (Å²) in [5.74, 6) is 1.64. The van der Waals surface area contributed by atoms with E-state index in [0.29, 0.717) is 13.0 Å². The summed E-state index contributed by atoms with van der Waals surface area (Å²) < 4.78 is 7.49. The van der Waals surface area contributed by atoms with Gasteiger partial charge in [0.25, 0.3) is 0 Å². The molecule has 2 aromatic heterocycles. The van der Waals surface area contributed by atoms with Gasteiger partial charge in [0.15, 0.2) is 0 Å². The van der Waals surface area contributed by atoms with Crippen LogP contribution in [0.25, 0.3) is 0 Å². The molecule has 0 N–H and O–H groups in total. The average molecular weight is 323 g/mol. The lowest BCUT2D eigenvalue weighted by molar-refractivity contribution is -0.130. The van der Waals surface area contributed by atoms with Crippen molar-refractivity contribution in [2.45, 2.75) is 18.9 Å². The number of imidazole rings is 1. The van der Waals surface area contributed by atoms with E-state index < -0.39 is 0 Å². The number of benzene rings is 1. The zero-order chi connectivity index (χ0) is 16.9. The molecule has 5 nitrogen and oxygen atoms in total. The van der Waals surface area contributed by atoms with E-state index in [1.165, 1.54) is 0 Å². The minimum absolute atomic E-state index is 0.0586. The van der Waals surface area contributed by atoms with Gasteiger partial charge >= 0.3 is 0 Å². The van der Waals surface area contributed by atoms with Crippen LogP contribution in [-0.4, -0.2) is 27.4 Å². The molecule has 0 radical (unpaired) electrons. The van der Waals surface area contributed by atoms with Crippen LogP contribution in [0.5, 0.6) is 0 Å². The predicted molar refractivity (Wildman–Crippen MR) is 91.3 cm³/mol. The summed E-state index contributed by atoms with van der Waals surface area (Å²) in [6.45, 7) is 0.488. The van der Waals surface area contributed by atoms with Gasteiger partial charge in [-0.2, -0.15) is 0 Å². The van der Waals surface area contributed by atoms with Crippen molar-refractivity contribution in [3.05, 3.63) is 78.3 Å². The maximum atomic E-state index is 12.7. The summed E-state index contributed by atoms with van der Waals surface area (Å²) >= 11 is 0. The molecular weight excluding hydrogens is 302 g/mol. The van der Waals surface area contributed by atoms with Gasteiger partial charge in [0.1, 0.15) is 11.6 Å². The molecule has 3 aromatic rings.